The lowest BCUT2D eigenvalue weighted by Crippen LogP contribution is -2.26. The van der Waals surface area contributed by atoms with Gasteiger partial charge in [-0.3, -0.25) is 0 Å². The Morgan fingerprint density at radius 1 is 1.41 bits per heavy atom. The Morgan fingerprint density at radius 3 is 2.91 bits per heavy atom. The van der Waals surface area contributed by atoms with Crippen LogP contribution in [-0.2, 0) is 0 Å². The number of rotatable bonds is 3. The van der Waals surface area contributed by atoms with Crippen LogP contribution in [-0.4, -0.2) is 40.3 Å². The van der Waals surface area contributed by atoms with Crippen LogP contribution in [0, 0.1) is 6.92 Å². The number of aromatic nitrogens is 2. The predicted molar refractivity (Wildman–Crippen MR) is 82.9 cm³/mol. The zero-order valence-corrected chi connectivity index (χ0v) is 13.8. The molecule has 1 saturated heterocycles. The standard InChI is InChI=1S/C15H17BrF3N3/c1-10-8-22(13-7-20-14(16)6-12(10)13)11-2-4-21(9-11)5-3-15(17,18)19/h6-8,11H,2-5,9H2,1H3. The van der Waals surface area contributed by atoms with Crippen molar-refractivity contribution in [1.82, 2.24) is 14.5 Å². The summed E-state index contributed by atoms with van der Waals surface area (Å²) < 4.78 is 40.0. The van der Waals surface area contributed by atoms with Crippen molar-refractivity contribution in [2.45, 2.75) is 32.0 Å². The van der Waals surface area contributed by atoms with E-state index in [2.05, 4.69) is 31.7 Å². The van der Waals surface area contributed by atoms with Crippen LogP contribution in [0.15, 0.2) is 23.1 Å². The molecular weight excluding hydrogens is 359 g/mol. The number of nitrogens with zero attached hydrogens (tertiary/aromatic N) is 3. The molecule has 2 aromatic heterocycles. The first-order chi connectivity index (χ1) is 10.3. The third-order valence-electron chi connectivity index (χ3n) is 4.24. The van der Waals surface area contributed by atoms with Crippen molar-refractivity contribution in [3.05, 3.63) is 28.6 Å². The summed E-state index contributed by atoms with van der Waals surface area (Å²) in [6, 6.07) is 2.20. The molecule has 22 heavy (non-hydrogen) atoms. The minimum absolute atomic E-state index is 0.0853. The van der Waals surface area contributed by atoms with Gasteiger partial charge in [-0.25, -0.2) is 4.98 Å². The summed E-state index contributed by atoms with van der Waals surface area (Å²) >= 11 is 3.37. The molecule has 2 aromatic rings. The second-order valence-electron chi connectivity index (χ2n) is 5.85. The van der Waals surface area contributed by atoms with Crippen molar-refractivity contribution < 1.29 is 13.2 Å². The largest absolute Gasteiger partial charge is 0.390 e. The van der Waals surface area contributed by atoms with E-state index >= 15 is 0 Å². The van der Waals surface area contributed by atoms with Crippen molar-refractivity contribution in [2.75, 3.05) is 19.6 Å². The Hall–Kier alpha value is -1.08. The van der Waals surface area contributed by atoms with Crippen molar-refractivity contribution in [3.63, 3.8) is 0 Å². The summed E-state index contributed by atoms with van der Waals surface area (Å²) in [5.74, 6) is 0. The number of hydrogen-bond acceptors (Lipinski definition) is 2. The van der Waals surface area contributed by atoms with Gasteiger partial charge in [-0.15, -0.1) is 0 Å². The molecule has 120 valence electrons. The highest BCUT2D eigenvalue weighted by molar-refractivity contribution is 9.10. The third kappa shape index (κ3) is 3.30. The summed E-state index contributed by atoms with van der Waals surface area (Å²) in [6.45, 7) is 3.50. The zero-order chi connectivity index (χ0) is 15.9. The average Bonchev–Trinajstić information content (AvgIpc) is 3.01. The Balaban J connectivity index is 1.76. The number of hydrogen-bond donors (Lipinski definition) is 0. The molecule has 1 aliphatic heterocycles. The molecule has 0 bridgehead atoms. The summed E-state index contributed by atoms with van der Waals surface area (Å²) in [4.78, 5) is 6.17. The molecule has 1 fully saturated rings. The number of halogens is 4. The molecular formula is C15H17BrF3N3. The normalized spacial score (nSPS) is 20.1. The van der Waals surface area contributed by atoms with Crippen molar-refractivity contribution in [1.29, 1.82) is 0 Å². The van der Waals surface area contributed by atoms with Crippen LogP contribution in [0.5, 0.6) is 0 Å². The number of pyridine rings is 1. The van der Waals surface area contributed by atoms with E-state index in [1.807, 2.05) is 24.1 Å². The van der Waals surface area contributed by atoms with Crippen LogP contribution in [0.4, 0.5) is 13.2 Å². The number of alkyl halides is 3. The quantitative estimate of drug-likeness (QED) is 0.745. The third-order valence-corrected chi connectivity index (χ3v) is 4.67. The van der Waals surface area contributed by atoms with Gasteiger partial charge in [-0.1, -0.05) is 0 Å². The van der Waals surface area contributed by atoms with Gasteiger partial charge in [0.25, 0.3) is 0 Å². The van der Waals surface area contributed by atoms with E-state index in [9.17, 15) is 13.2 Å². The average molecular weight is 376 g/mol. The molecule has 1 atom stereocenters. The van der Waals surface area contributed by atoms with E-state index < -0.39 is 12.6 Å². The van der Waals surface area contributed by atoms with Crippen molar-refractivity contribution in [3.8, 4) is 0 Å². The van der Waals surface area contributed by atoms with E-state index in [0.717, 1.165) is 27.5 Å². The summed E-state index contributed by atoms with van der Waals surface area (Å²) in [5.41, 5.74) is 2.20. The van der Waals surface area contributed by atoms with Gasteiger partial charge in [0.15, 0.2) is 0 Å². The van der Waals surface area contributed by atoms with Gasteiger partial charge in [-0.05, 0) is 40.9 Å². The molecule has 7 heteroatoms. The first kappa shape index (κ1) is 15.8. The van der Waals surface area contributed by atoms with Gasteiger partial charge in [0.2, 0.25) is 0 Å². The highest BCUT2D eigenvalue weighted by Crippen LogP contribution is 2.31. The number of likely N-dealkylation sites (tertiary alicyclic amines) is 1. The number of fused-ring (bicyclic) bond motifs is 1. The van der Waals surface area contributed by atoms with E-state index in [0.29, 0.717) is 13.1 Å². The fraction of sp³-hybridized carbons (Fsp3) is 0.533. The van der Waals surface area contributed by atoms with E-state index in [1.54, 1.807) is 0 Å². The topological polar surface area (TPSA) is 21.1 Å². The molecule has 0 N–H and O–H groups in total. The predicted octanol–water partition coefficient (Wildman–Crippen LogP) is 4.31. The molecule has 0 aliphatic carbocycles. The van der Waals surface area contributed by atoms with Gasteiger partial charge in [0.1, 0.15) is 4.60 Å². The lowest BCUT2D eigenvalue weighted by atomic mass is 10.2. The molecule has 3 heterocycles. The Bertz CT molecular complexity index is 680. The first-order valence-corrected chi connectivity index (χ1v) is 8.04. The maximum atomic E-state index is 12.3. The molecule has 0 amide bonds. The fourth-order valence-corrected chi connectivity index (χ4v) is 3.45. The number of aryl methyl sites for hydroxylation is 1. The smallest absolute Gasteiger partial charge is 0.342 e. The lowest BCUT2D eigenvalue weighted by Gasteiger charge is -2.18. The second-order valence-corrected chi connectivity index (χ2v) is 6.66. The summed E-state index contributed by atoms with van der Waals surface area (Å²) in [5, 5.41) is 1.13. The SMILES string of the molecule is Cc1cn(C2CCN(CCC(F)(F)F)C2)c2cnc(Br)cc12. The molecule has 3 rings (SSSR count). The monoisotopic (exact) mass is 375 g/mol. The molecule has 1 unspecified atom stereocenters. The van der Waals surface area contributed by atoms with Crippen LogP contribution in [0.3, 0.4) is 0 Å². The van der Waals surface area contributed by atoms with Gasteiger partial charge in [0.05, 0.1) is 18.1 Å². The first-order valence-electron chi connectivity index (χ1n) is 7.25. The fourth-order valence-electron chi connectivity index (χ4n) is 3.12. The highest BCUT2D eigenvalue weighted by atomic mass is 79.9. The molecule has 1 aliphatic rings. The van der Waals surface area contributed by atoms with E-state index in [-0.39, 0.29) is 12.6 Å². The van der Waals surface area contributed by atoms with Gasteiger partial charge in [0, 0.05) is 37.3 Å². The van der Waals surface area contributed by atoms with Gasteiger partial charge < -0.3 is 9.47 Å². The maximum absolute atomic E-state index is 12.3. The van der Waals surface area contributed by atoms with E-state index in [4.69, 9.17) is 0 Å². The summed E-state index contributed by atoms with van der Waals surface area (Å²) in [6.07, 6.45) is -0.0384. The van der Waals surface area contributed by atoms with Gasteiger partial charge in [-0.2, -0.15) is 13.2 Å². The Morgan fingerprint density at radius 2 is 2.18 bits per heavy atom. The van der Waals surface area contributed by atoms with E-state index in [1.165, 1.54) is 0 Å². The van der Waals surface area contributed by atoms with Crippen LogP contribution in [0.1, 0.15) is 24.4 Å². The maximum Gasteiger partial charge on any atom is 0.390 e. The minimum Gasteiger partial charge on any atom is -0.342 e. The van der Waals surface area contributed by atoms with Crippen LogP contribution in [0.25, 0.3) is 10.9 Å². The molecule has 0 saturated carbocycles. The molecule has 0 aromatic carbocycles. The lowest BCUT2D eigenvalue weighted by molar-refractivity contribution is -0.137. The van der Waals surface area contributed by atoms with Crippen LogP contribution in [0.2, 0.25) is 0 Å². The van der Waals surface area contributed by atoms with Crippen LogP contribution >= 0.6 is 15.9 Å². The van der Waals surface area contributed by atoms with Gasteiger partial charge >= 0.3 is 6.18 Å². The molecule has 0 radical (unpaired) electrons. The Labute approximate surface area is 135 Å². The second kappa shape index (κ2) is 5.85. The molecule has 3 nitrogen and oxygen atoms in total. The highest BCUT2D eigenvalue weighted by Gasteiger charge is 2.31. The van der Waals surface area contributed by atoms with Crippen molar-refractivity contribution >= 4 is 26.8 Å². The Kier molecular flexibility index (Phi) is 4.20. The van der Waals surface area contributed by atoms with Crippen LogP contribution < -0.4 is 0 Å². The summed E-state index contributed by atoms with van der Waals surface area (Å²) in [7, 11) is 0. The molecule has 0 spiro atoms. The van der Waals surface area contributed by atoms with Crippen molar-refractivity contribution in [2.24, 2.45) is 0 Å². The zero-order valence-electron chi connectivity index (χ0n) is 12.2. The minimum atomic E-state index is -4.08.